The number of hydrogen-bond acceptors (Lipinski definition) is 5. The number of nitrogens with zero attached hydrogens (tertiary/aromatic N) is 1. The van der Waals surface area contributed by atoms with Gasteiger partial charge < -0.3 is 5.32 Å². The number of nitro benzene ring substituents is 1. The van der Waals surface area contributed by atoms with Gasteiger partial charge in [0.15, 0.2) is 9.84 Å². The van der Waals surface area contributed by atoms with Crippen LogP contribution in [0.1, 0.15) is 18.9 Å². The van der Waals surface area contributed by atoms with E-state index in [1.54, 1.807) is 12.1 Å². The number of hydrogen-bond donors (Lipinski definition) is 1. The first-order valence-corrected chi connectivity index (χ1v) is 7.97. The molecule has 1 aliphatic heterocycles. The molecule has 7 heteroatoms. The highest BCUT2D eigenvalue weighted by Crippen LogP contribution is 2.25. The second-order valence-corrected chi connectivity index (χ2v) is 6.93. The van der Waals surface area contributed by atoms with Crippen molar-refractivity contribution in [2.75, 3.05) is 16.8 Å². The van der Waals surface area contributed by atoms with Crippen molar-refractivity contribution in [3.63, 3.8) is 0 Å². The number of benzene rings is 1. The fraction of sp³-hybridized carbons (Fsp3) is 0.500. The largest absolute Gasteiger partial charge is 0.381 e. The molecule has 1 N–H and O–H groups in total. The second kappa shape index (κ2) is 5.16. The number of nitro groups is 1. The summed E-state index contributed by atoms with van der Waals surface area (Å²) in [6, 6.07) is 4.79. The molecular weight excluding hydrogens is 268 g/mol. The first-order valence-electron chi connectivity index (χ1n) is 6.15. The van der Waals surface area contributed by atoms with Crippen LogP contribution in [0.15, 0.2) is 18.2 Å². The van der Waals surface area contributed by atoms with E-state index in [2.05, 4.69) is 5.32 Å². The highest BCUT2D eigenvalue weighted by molar-refractivity contribution is 7.91. The van der Waals surface area contributed by atoms with Crippen LogP contribution in [-0.4, -0.2) is 30.9 Å². The molecule has 1 aromatic rings. The fourth-order valence-electron chi connectivity index (χ4n) is 2.27. The zero-order valence-electron chi connectivity index (χ0n) is 10.6. The summed E-state index contributed by atoms with van der Waals surface area (Å²) in [5.41, 5.74) is 1.36. The van der Waals surface area contributed by atoms with E-state index in [0.717, 1.165) is 0 Å². The van der Waals surface area contributed by atoms with Gasteiger partial charge in [-0.15, -0.1) is 0 Å². The molecule has 1 fully saturated rings. The predicted octanol–water partition coefficient (Wildman–Crippen LogP) is 1.76. The molecule has 0 aromatic heterocycles. The minimum Gasteiger partial charge on any atom is -0.381 e. The predicted molar refractivity (Wildman–Crippen MR) is 73.2 cm³/mol. The van der Waals surface area contributed by atoms with Crippen LogP contribution in [0.3, 0.4) is 0 Å². The number of sulfone groups is 1. The third-order valence-corrected chi connectivity index (χ3v) is 5.03. The molecule has 1 aromatic carbocycles. The van der Waals surface area contributed by atoms with E-state index in [-0.39, 0.29) is 23.2 Å². The van der Waals surface area contributed by atoms with Crippen molar-refractivity contribution in [2.24, 2.45) is 0 Å². The molecule has 2 rings (SSSR count). The maximum Gasteiger partial charge on any atom is 0.274 e. The van der Waals surface area contributed by atoms with Crippen molar-refractivity contribution in [2.45, 2.75) is 25.8 Å². The smallest absolute Gasteiger partial charge is 0.274 e. The Balaban J connectivity index is 2.18. The molecule has 6 nitrogen and oxygen atoms in total. The van der Waals surface area contributed by atoms with Gasteiger partial charge in [-0.3, -0.25) is 10.1 Å². The lowest BCUT2D eigenvalue weighted by Crippen LogP contribution is -2.20. The van der Waals surface area contributed by atoms with Crippen LogP contribution < -0.4 is 5.32 Å². The summed E-state index contributed by atoms with van der Waals surface area (Å²) in [6.45, 7) is 1.86. The summed E-state index contributed by atoms with van der Waals surface area (Å²) >= 11 is 0. The molecule has 104 valence electrons. The number of rotatable bonds is 4. The minimum atomic E-state index is -2.95. The molecule has 1 aliphatic rings. The van der Waals surface area contributed by atoms with Gasteiger partial charge in [-0.2, -0.15) is 0 Å². The highest BCUT2D eigenvalue weighted by Gasteiger charge is 2.28. The van der Waals surface area contributed by atoms with Gasteiger partial charge in [0.05, 0.1) is 16.4 Å². The van der Waals surface area contributed by atoms with Gasteiger partial charge in [0, 0.05) is 23.4 Å². The van der Waals surface area contributed by atoms with Crippen LogP contribution in [0.25, 0.3) is 0 Å². The normalized spacial score (nSPS) is 21.2. The lowest BCUT2D eigenvalue weighted by atomic mass is 10.1. The zero-order valence-corrected chi connectivity index (χ0v) is 11.4. The third-order valence-electron chi connectivity index (χ3n) is 3.27. The van der Waals surface area contributed by atoms with Crippen molar-refractivity contribution in [1.82, 2.24) is 0 Å². The maximum atomic E-state index is 11.4. The summed E-state index contributed by atoms with van der Waals surface area (Å²) in [7, 11) is -2.95. The van der Waals surface area contributed by atoms with Gasteiger partial charge in [0.25, 0.3) is 5.69 Å². The molecule has 0 spiro atoms. The number of nitrogens with one attached hydrogen (secondary N) is 1. The molecule has 0 aliphatic carbocycles. The van der Waals surface area contributed by atoms with Gasteiger partial charge in [0.2, 0.25) is 0 Å². The molecule has 1 heterocycles. The SMILES string of the molecule is CCc1ccc(NC2CCS(=O)(=O)C2)cc1[N+](=O)[O-]. The van der Waals surface area contributed by atoms with Gasteiger partial charge in [0.1, 0.15) is 0 Å². The highest BCUT2D eigenvalue weighted by atomic mass is 32.2. The molecule has 19 heavy (non-hydrogen) atoms. The average Bonchev–Trinajstić information content (AvgIpc) is 2.68. The summed E-state index contributed by atoms with van der Waals surface area (Å²) < 4.78 is 22.7. The summed E-state index contributed by atoms with van der Waals surface area (Å²) in [5, 5.41) is 14.0. The van der Waals surface area contributed by atoms with Gasteiger partial charge in [-0.25, -0.2) is 8.42 Å². The van der Waals surface area contributed by atoms with Crippen LogP contribution >= 0.6 is 0 Å². The summed E-state index contributed by atoms with van der Waals surface area (Å²) in [6.07, 6.45) is 1.14. The zero-order chi connectivity index (χ0) is 14.0. The monoisotopic (exact) mass is 284 g/mol. The molecule has 0 bridgehead atoms. The Bertz CT molecular complexity index is 598. The third kappa shape index (κ3) is 3.23. The molecule has 0 amide bonds. The van der Waals surface area contributed by atoms with Crippen LogP contribution in [0.5, 0.6) is 0 Å². The summed E-state index contributed by atoms with van der Waals surface area (Å²) in [5.74, 6) is 0.274. The van der Waals surface area contributed by atoms with Gasteiger partial charge in [-0.1, -0.05) is 13.0 Å². The molecule has 1 atom stereocenters. The Morgan fingerprint density at radius 3 is 2.74 bits per heavy atom. The fourth-order valence-corrected chi connectivity index (χ4v) is 3.94. The van der Waals surface area contributed by atoms with Gasteiger partial charge >= 0.3 is 0 Å². The molecule has 1 saturated heterocycles. The lowest BCUT2D eigenvalue weighted by Gasteiger charge is -2.12. The summed E-state index contributed by atoms with van der Waals surface area (Å²) in [4.78, 5) is 10.5. The standard InChI is InChI=1S/C12H16N2O4S/c1-2-9-3-4-10(7-12(9)14(15)16)13-11-5-6-19(17,18)8-11/h3-4,7,11,13H,2,5-6,8H2,1H3. The second-order valence-electron chi connectivity index (χ2n) is 4.70. The van der Waals surface area contributed by atoms with E-state index in [1.165, 1.54) is 6.07 Å². The average molecular weight is 284 g/mol. The first kappa shape index (κ1) is 13.8. The van der Waals surface area contributed by atoms with Crippen LogP contribution in [0, 0.1) is 10.1 Å². The Kier molecular flexibility index (Phi) is 3.75. The van der Waals surface area contributed by atoms with Crippen LogP contribution in [0.4, 0.5) is 11.4 Å². The number of aryl methyl sites for hydroxylation is 1. The molecule has 1 unspecified atom stereocenters. The van der Waals surface area contributed by atoms with Crippen molar-refractivity contribution in [3.05, 3.63) is 33.9 Å². The lowest BCUT2D eigenvalue weighted by molar-refractivity contribution is -0.385. The quantitative estimate of drug-likeness (QED) is 0.672. The van der Waals surface area contributed by atoms with Crippen LogP contribution in [-0.2, 0) is 16.3 Å². The van der Waals surface area contributed by atoms with E-state index in [4.69, 9.17) is 0 Å². The van der Waals surface area contributed by atoms with E-state index < -0.39 is 14.8 Å². The Morgan fingerprint density at radius 1 is 1.47 bits per heavy atom. The molecular formula is C12H16N2O4S. The van der Waals surface area contributed by atoms with Crippen molar-refractivity contribution < 1.29 is 13.3 Å². The first-order chi connectivity index (χ1) is 8.91. The molecule has 0 radical (unpaired) electrons. The topological polar surface area (TPSA) is 89.3 Å². The Labute approximate surface area is 111 Å². The van der Waals surface area contributed by atoms with E-state index >= 15 is 0 Å². The maximum absolute atomic E-state index is 11.4. The Morgan fingerprint density at radius 2 is 2.21 bits per heavy atom. The van der Waals surface area contributed by atoms with Crippen molar-refractivity contribution in [3.8, 4) is 0 Å². The van der Waals surface area contributed by atoms with E-state index in [0.29, 0.717) is 24.1 Å². The Hall–Kier alpha value is -1.63. The number of anilines is 1. The molecule has 0 saturated carbocycles. The van der Waals surface area contributed by atoms with Crippen molar-refractivity contribution in [1.29, 1.82) is 0 Å². The minimum absolute atomic E-state index is 0.0772. The van der Waals surface area contributed by atoms with Crippen LogP contribution in [0.2, 0.25) is 0 Å². The van der Waals surface area contributed by atoms with E-state index in [9.17, 15) is 18.5 Å². The van der Waals surface area contributed by atoms with Gasteiger partial charge in [-0.05, 0) is 18.9 Å². The van der Waals surface area contributed by atoms with Crippen molar-refractivity contribution >= 4 is 21.2 Å². The van der Waals surface area contributed by atoms with E-state index in [1.807, 2.05) is 6.92 Å².